The normalized spacial score (nSPS) is 11.0. The van der Waals surface area contributed by atoms with E-state index in [-0.39, 0.29) is 33.9 Å². The van der Waals surface area contributed by atoms with Crippen LogP contribution in [-0.4, -0.2) is 48.5 Å². The Morgan fingerprint density at radius 3 is 2.41 bits per heavy atom. The fourth-order valence-corrected chi connectivity index (χ4v) is 3.36. The molecule has 3 rings (SSSR count). The number of ether oxygens (including phenoxy) is 2. The van der Waals surface area contributed by atoms with Crippen molar-refractivity contribution in [2.24, 2.45) is 0 Å². The van der Waals surface area contributed by atoms with Crippen molar-refractivity contribution < 1.29 is 22.7 Å². The number of H-pyrrole nitrogens is 1. The van der Waals surface area contributed by atoms with Gasteiger partial charge in [-0.15, -0.1) is 0 Å². The van der Waals surface area contributed by atoms with Crippen molar-refractivity contribution in [3.05, 3.63) is 42.6 Å². The van der Waals surface area contributed by atoms with Crippen LogP contribution >= 0.6 is 0 Å². The molecule has 0 fully saturated rings. The topological polar surface area (TPSA) is 174 Å². The van der Waals surface area contributed by atoms with Gasteiger partial charge in [0.05, 0.1) is 25.4 Å². The number of carbonyl (C=O) groups is 1. The van der Waals surface area contributed by atoms with Crippen molar-refractivity contribution in [2.45, 2.75) is 4.90 Å². The maximum absolute atomic E-state index is 12.6. The largest absolute Gasteiger partial charge is 0.489 e. The lowest BCUT2D eigenvalue weighted by Gasteiger charge is -2.12. The molecular formula is C16H17N7O5S. The van der Waals surface area contributed by atoms with Crippen LogP contribution in [0.3, 0.4) is 0 Å². The van der Waals surface area contributed by atoms with E-state index < -0.39 is 15.9 Å². The highest BCUT2D eigenvalue weighted by Crippen LogP contribution is 2.32. The van der Waals surface area contributed by atoms with Crippen LogP contribution in [0.25, 0.3) is 0 Å². The second-order valence-corrected chi connectivity index (χ2v) is 7.19. The standard InChI is InChI=1S/C16H17N7O5S/c1-27-12-14(20-8-21-16(12)28-2)23-29(25,26)10-5-3-9(4-6-10)22-15(24)11-13(17)19-7-18-11/h3-8H,17H2,1-2H3,(H,18,19)(H,22,24)(H,20,21,23). The number of methoxy groups -OCH3 is 2. The molecule has 0 spiro atoms. The van der Waals surface area contributed by atoms with Crippen molar-refractivity contribution in [3.8, 4) is 11.6 Å². The molecule has 0 atom stereocenters. The molecule has 5 N–H and O–H groups in total. The average molecular weight is 419 g/mol. The zero-order valence-electron chi connectivity index (χ0n) is 15.3. The number of nitrogen functional groups attached to an aromatic ring is 1. The van der Waals surface area contributed by atoms with Gasteiger partial charge in [0, 0.05) is 5.69 Å². The molecule has 2 heterocycles. The van der Waals surface area contributed by atoms with Crippen LogP contribution in [0.1, 0.15) is 10.5 Å². The Morgan fingerprint density at radius 2 is 1.83 bits per heavy atom. The second kappa shape index (κ2) is 8.02. The van der Waals surface area contributed by atoms with E-state index in [4.69, 9.17) is 15.2 Å². The van der Waals surface area contributed by atoms with Gasteiger partial charge in [0.1, 0.15) is 12.0 Å². The summed E-state index contributed by atoms with van der Waals surface area (Å²) >= 11 is 0. The molecule has 1 aromatic carbocycles. The maximum Gasteiger partial charge on any atom is 0.275 e. The van der Waals surface area contributed by atoms with E-state index in [1.54, 1.807) is 0 Å². The van der Waals surface area contributed by atoms with Crippen molar-refractivity contribution in [2.75, 3.05) is 30.0 Å². The van der Waals surface area contributed by atoms with Crippen LogP contribution < -0.4 is 25.2 Å². The first-order valence-corrected chi connectivity index (χ1v) is 9.50. The third kappa shape index (κ3) is 4.19. The zero-order chi connectivity index (χ0) is 21.0. The number of aromatic nitrogens is 4. The molecule has 12 nitrogen and oxygen atoms in total. The number of rotatable bonds is 7. The summed E-state index contributed by atoms with van der Waals surface area (Å²) in [6.07, 6.45) is 2.43. The third-order valence-electron chi connectivity index (χ3n) is 3.72. The van der Waals surface area contributed by atoms with E-state index >= 15 is 0 Å². The fourth-order valence-electron chi connectivity index (χ4n) is 2.34. The summed E-state index contributed by atoms with van der Waals surface area (Å²) in [4.78, 5) is 26.1. The molecule has 0 unspecified atom stereocenters. The highest BCUT2D eigenvalue weighted by molar-refractivity contribution is 7.92. The highest BCUT2D eigenvalue weighted by Gasteiger charge is 2.21. The molecule has 3 aromatic rings. The van der Waals surface area contributed by atoms with Gasteiger partial charge >= 0.3 is 0 Å². The van der Waals surface area contributed by atoms with Crippen LogP contribution in [0.5, 0.6) is 11.6 Å². The smallest absolute Gasteiger partial charge is 0.275 e. The van der Waals surface area contributed by atoms with Crippen LogP contribution in [0.2, 0.25) is 0 Å². The number of nitrogens with zero attached hydrogens (tertiary/aromatic N) is 3. The van der Waals surface area contributed by atoms with Gasteiger partial charge in [-0.1, -0.05) is 0 Å². The minimum atomic E-state index is -3.99. The monoisotopic (exact) mass is 419 g/mol. The number of aromatic amines is 1. The lowest BCUT2D eigenvalue weighted by Crippen LogP contribution is -2.16. The van der Waals surface area contributed by atoms with E-state index in [0.29, 0.717) is 5.69 Å². The summed E-state index contributed by atoms with van der Waals surface area (Å²) < 4.78 is 37.8. The molecule has 13 heteroatoms. The number of nitrogens with two attached hydrogens (primary N) is 1. The molecule has 0 aliphatic carbocycles. The number of benzene rings is 1. The summed E-state index contributed by atoms with van der Waals surface area (Å²) in [5.74, 6) is -0.408. The number of amides is 1. The zero-order valence-corrected chi connectivity index (χ0v) is 16.1. The summed E-state index contributed by atoms with van der Waals surface area (Å²) in [5, 5.41) is 2.58. The van der Waals surface area contributed by atoms with E-state index in [1.807, 2.05) is 0 Å². The molecule has 0 aliphatic heterocycles. The molecule has 2 aromatic heterocycles. The number of carbonyl (C=O) groups excluding carboxylic acids is 1. The van der Waals surface area contributed by atoms with Crippen molar-refractivity contribution in [1.82, 2.24) is 19.9 Å². The molecule has 0 radical (unpaired) electrons. The average Bonchev–Trinajstić information content (AvgIpc) is 3.14. The number of sulfonamides is 1. The molecule has 0 saturated carbocycles. The molecule has 152 valence electrons. The minimum Gasteiger partial charge on any atom is -0.489 e. The number of imidazole rings is 1. The Labute approximate surface area is 165 Å². The van der Waals surface area contributed by atoms with Crippen molar-refractivity contribution >= 4 is 33.3 Å². The first-order valence-electron chi connectivity index (χ1n) is 8.01. The number of nitrogens with one attached hydrogen (secondary N) is 3. The summed E-state index contributed by atoms with van der Waals surface area (Å²) in [7, 11) is -1.29. The van der Waals surface area contributed by atoms with Crippen molar-refractivity contribution in [3.63, 3.8) is 0 Å². The Morgan fingerprint density at radius 1 is 1.10 bits per heavy atom. The highest BCUT2D eigenvalue weighted by atomic mass is 32.2. The van der Waals surface area contributed by atoms with Crippen LogP contribution in [0.15, 0.2) is 41.8 Å². The van der Waals surface area contributed by atoms with E-state index in [1.165, 1.54) is 44.8 Å². The molecule has 0 saturated heterocycles. The predicted octanol–water partition coefficient (Wildman–Crippen LogP) is 0.852. The van der Waals surface area contributed by atoms with Gasteiger partial charge in [-0.25, -0.2) is 18.4 Å². The predicted molar refractivity (Wildman–Crippen MR) is 103 cm³/mol. The lowest BCUT2D eigenvalue weighted by atomic mass is 10.3. The Kier molecular flexibility index (Phi) is 5.50. The van der Waals surface area contributed by atoms with Crippen LogP contribution in [0.4, 0.5) is 17.3 Å². The summed E-state index contributed by atoms with van der Waals surface area (Å²) in [5.41, 5.74) is 6.04. The SMILES string of the molecule is COc1ncnc(NS(=O)(=O)c2ccc(NC(=O)c3[nH]cnc3N)cc2)c1OC. The lowest BCUT2D eigenvalue weighted by molar-refractivity contribution is 0.102. The minimum absolute atomic E-state index is 0.0413. The van der Waals surface area contributed by atoms with Crippen molar-refractivity contribution in [1.29, 1.82) is 0 Å². The van der Waals surface area contributed by atoms with Gasteiger partial charge in [-0.2, -0.15) is 4.98 Å². The van der Waals surface area contributed by atoms with Crippen LogP contribution in [0, 0.1) is 0 Å². The Balaban J connectivity index is 1.79. The maximum atomic E-state index is 12.6. The van der Waals surface area contributed by atoms with Gasteiger partial charge in [-0.3, -0.25) is 9.52 Å². The van der Waals surface area contributed by atoms with Gasteiger partial charge in [0.2, 0.25) is 5.75 Å². The number of hydrogen-bond donors (Lipinski definition) is 4. The van der Waals surface area contributed by atoms with E-state index in [0.717, 1.165) is 6.33 Å². The Hall–Kier alpha value is -3.87. The molecule has 0 bridgehead atoms. The first kappa shape index (κ1) is 19.9. The van der Waals surface area contributed by atoms with Crippen LogP contribution in [-0.2, 0) is 10.0 Å². The van der Waals surface area contributed by atoms with Gasteiger partial charge < -0.3 is 25.5 Å². The first-order chi connectivity index (χ1) is 13.9. The third-order valence-corrected chi connectivity index (χ3v) is 5.07. The fraction of sp³-hybridized carbons (Fsp3) is 0.125. The van der Waals surface area contributed by atoms with Gasteiger partial charge in [0.15, 0.2) is 11.6 Å². The Bertz CT molecular complexity index is 1130. The quantitative estimate of drug-likeness (QED) is 0.433. The number of anilines is 3. The van der Waals surface area contributed by atoms with E-state index in [2.05, 4.69) is 30.0 Å². The molecular weight excluding hydrogens is 402 g/mol. The summed E-state index contributed by atoms with van der Waals surface area (Å²) in [6, 6.07) is 5.49. The number of hydrogen-bond acceptors (Lipinski definition) is 9. The van der Waals surface area contributed by atoms with Gasteiger partial charge in [-0.05, 0) is 24.3 Å². The molecule has 29 heavy (non-hydrogen) atoms. The van der Waals surface area contributed by atoms with Gasteiger partial charge in [0.25, 0.3) is 21.8 Å². The molecule has 0 aliphatic rings. The van der Waals surface area contributed by atoms with E-state index in [9.17, 15) is 13.2 Å². The summed E-state index contributed by atoms with van der Waals surface area (Å²) in [6.45, 7) is 0. The second-order valence-electron chi connectivity index (χ2n) is 5.51. The molecule has 1 amide bonds.